The number of benzene rings is 1. The predicted octanol–water partition coefficient (Wildman–Crippen LogP) is 2.86. The molecule has 1 N–H and O–H groups in total. The highest BCUT2D eigenvalue weighted by molar-refractivity contribution is 9.09. The standard InChI is InChI=1S/C10H5BrF3NO2/c11-3-9(17)5-1-7(10(12,13)14)6(4-15)8(16)2-5/h1-2,16H,3H2. The highest BCUT2D eigenvalue weighted by Crippen LogP contribution is 2.36. The maximum atomic E-state index is 12.6. The zero-order valence-corrected chi connectivity index (χ0v) is 9.76. The number of phenolic OH excluding ortho intramolecular Hbond substituents is 1. The maximum absolute atomic E-state index is 12.6. The van der Waals surface area contributed by atoms with E-state index in [0.717, 1.165) is 6.07 Å². The zero-order valence-electron chi connectivity index (χ0n) is 8.18. The average Bonchev–Trinajstić information content (AvgIpc) is 2.25. The summed E-state index contributed by atoms with van der Waals surface area (Å²) in [5.41, 5.74) is -2.50. The third-order valence-electron chi connectivity index (χ3n) is 1.98. The summed E-state index contributed by atoms with van der Waals surface area (Å²) < 4.78 is 37.7. The lowest BCUT2D eigenvalue weighted by Gasteiger charge is -2.11. The molecule has 0 aliphatic heterocycles. The Kier molecular flexibility index (Phi) is 3.78. The van der Waals surface area contributed by atoms with Crippen molar-refractivity contribution in [1.82, 2.24) is 0 Å². The van der Waals surface area contributed by atoms with Gasteiger partial charge in [0.2, 0.25) is 0 Å². The molecule has 0 spiro atoms. The summed E-state index contributed by atoms with van der Waals surface area (Å²) >= 11 is 2.81. The molecule has 1 rings (SSSR count). The van der Waals surface area contributed by atoms with Crippen LogP contribution in [-0.2, 0) is 6.18 Å². The molecule has 1 aromatic carbocycles. The Morgan fingerprint density at radius 2 is 2.06 bits per heavy atom. The normalized spacial score (nSPS) is 11.0. The van der Waals surface area contributed by atoms with Gasteiger partial charge in [-0.05, 0) is 12.1 Å². The SMILES string of the molecule is N#Cc1c(O)cc(C(=O)CBr)cc1C(F)(F)F. The van der Waals surface area contributed by atoms with Crippen LogP contribution in [0, 0.1) is 11.3 Å². The Labute approximate surface area is 103 Å². The highest BCUT2D eigenvalue weighted by Gasteiger charge is 2.35. The van der Waals surface area contributed by atoms with Crippen LogP contribution in [0.15, 0.2) is 12.1 Å². The summed E-state index contributed by atoms with van der Waals surface area (Å²) in [7, 11) is 0. The van der Waals surface area contributed by atoms with E-state index in [0.29, 0.717) is 6.07 Å². The van der Waals surface area contributed by atoms with E-state index in [4.69, 9.17) is 5.26 Å². The summed E-state index contributed by atoms with van der Waals surface area (Å²) in [4.78, 5) is 11.2. The van der Waals surface area contributed by atoms with E-state index in [-0.39, 0.29) is 10.9 Å². The van der Waals surface area contributed by atoms with Gasteiger partial charge in [0.25, 0.3) is 0 Å². The first kappa shape index (κ1) is 13.5. The molecule has 0 heterocycles. The van der Waals surface area contributed by atoms with Crippen molar-refractivity contribution in [3.8, 4) is 11.8 Å². The predicted molar refractivity (Wildman–Crippen MR) is 55.9 cm³/mol. The minimum absolute atomic E-state index is 0.171. The van der Waals surface area contributed by atoms with E-state index in [1.165, 1.54) is 6.07 Å². The summed E-state index contributed by atoms with van der Waals surface area (Å²) in [5.74, 6) is -1.47. The number of Topliss-reactive ketones (excluding diaryl/α,β-unsaturated/α-hetero) is 1. The van der Waals surface area contributed by atoms with Crippen LogP contribution in [0.4, 0.5) is 13.2 Å². The van der Waals surface area contributed by atoms with E-state index < -0.39 is 28.8 Å². The fourth-order valence-electron chi connectivity index (χ4n) is 1.21. The van der Waals surface area contributed by atoms with Gasteiger partial charge in [0, 0.05) is 5.56 Å². The maximum Gasteiger partial charge on any atom is 0.417 e. The molecule has 17 heavy (non-hydrogen) atoms. The van der Waals surface area contributed by atoms with Crippen LogP contribution < -0.4 is 0 Å². The Balaban J connectivity index is 3.52. The highest BCUT2D eigenvalue weighted by atomic mass is 79.9. The van der Waals surface area contributed by atoms with Gasteiger partial charge in [0.05, 0.1) is 10.9 Å². The van der Waals surface area contributed by atoms with Gasteiger partial charge in [-0.1, -0.05) is 15.9 Å². The molecule has 3 nitrogen and oxygen atoms in total. The molecule has 0 saturated carbocycles. The number of alkyl halides is 4. The number of rotatable bonds is 2. The van der Waals surface area contributed by atoms with Crippen molar-refractivity contribution < 1.29 is 23.1 Å². The average molecular weight is 308 g/mol. The molecule has 0 atom stereocenters. The molecule has 0 fully saturated rings. The molecule has 0 aliphatic carbocycles. The monoisotopic (exact) mass is 307 g/mol. The molecule has 0 bridgehead atoms. The van der Waals surface area contributed by atoms with Gasteiger partial charge in [-0.2, -0.15) is 18.4 Å². The number of hydrogen-bond donors (Lipinski definition) is 1. The zero-order chi connectivity index (χ0) is 13.2. The first-order valence-corrected chi connectivity index (χ1v) is 5.37. The molecular formula is C10H5BrF3NO2. The Hall–Kier alpha value is -1.55. The molecule has 7 heteroatoms. The second kappa shape index (κ2) is 4.75. The molecule has 0 amide bonds. The van der Waals surface area contributed by atoms with E-state index >= 15 is 0 Å². The Morgan fingerprint density at radius 1 is 1.47 bits per heavy atom. The molecule has 0 aromatic heterocycles. The van der Waals surface area contributed by atoms with Crippen molar-refractivity contribution in [2.24, 2.45) is 0 Å². The van der Waals surface area contributed by atoms with Crippen LogP contribution in [-0.4, -0.2) is 16.2 Å². The number of carbonyl (C=O) groups is 1. The lowest BCUT2D eigenvalue weighted by Crippen LogP contribution is -2.11. The summed E-state index contributed by atoms with van der Waals surface area (Å²) in [6.45, 7) is 0. The first-order valence-electron chi connectivity index (χ1n) is 4.24. The molecule has 1 aromatic rings. The van der Waals surface area contributed by atoms with Gasteiger partial charge in [0.15, 0.2) is 5.78 Å². The van der Waals surface area contributed by atoms with Crippen molar-refractivity contribution in [1.29, 1.82) is 5.26 Å². The van der Waals surface area contributed by atoms with Crippen LogP contribution in [0.3, 0.4) is 0 Å². The number of phenols is 1. The van der Waals surface area contributed by atoms with Gasteiger partial charge < -0.3 is 5.11 Å². The number of nitriles is 1. The van der Waals surface area contributed by atoms with E-state index in [2.05, 4.69) is 15.9 Å². The molecular weight excluding hydrogens is 303 g/mol. The van der Waals surface area contributed by atoms with Crippen LogP contribution in [0.25, 0.3) is 0 Å². The number of hydrogen-bond acceptors (Lipinski definition) is 3. The van der Waals surface area contributed by atoms with Crippen LogP contribution in [0.2, 0.25) is 0 Å². The number of carbonyl (C=O) groups excluding carboxylic acids is 1. The fourth-order valence-corrected chi connectivity index (χ4v) is 1.53. The van der Waals surface area contributed by atoms with Gasteiger partial charge in [0.1, 0.15) is 17.4 Å². The van der Waals surface area contributed by atoms with E-state index in [1.54, 1.807) is 0 Å². The van der Waals surface area contributed by atoms with Gasteiger partial charge >= 0.3 is 6.18 Å². The van der Waals surface area contributed by atoms with Crippen molar-refractivity contribution in [2.75, 3.05) is 5.33 Å². The van der Waals surface area contributed by atoms with Gasteiger partial charge in [-0.25, -0.2) is 0 Å². The summed E-state index contributed by atoms with van der Waals surface area (Å²) in [6, 6.07) is 2.66. The number of nitrogens with zero attached hydrogens (tertiary/aromatic N) is 1. The Bertz CT molecular complexity index is 505. The molecule has 0 radical (unpaired) electrons. The third-order valence-corrected chi connectivity index (χ3v) is 2.49. The lowest BCUT2D eigenvalue weighted by atomic mass is 10.0. The van der Waals surface area contributed by atoms with E-state index in [9.17, 15) is 23.1 Å². The van der Waals surface area contributed by atoms with Crippen molar-refractivity contribution >= 4 is 21.7 Å². The van der Waals surface area contributed by atoms with Crippen molar-refractivity contribution in [2.45, 2.75) is 6.18 Å². The van der Waals surface area contributed by atoms with Crippen molar-refractivity contribution in [3.63, 3.8) is 0 Å². The van der Waals surface area contributed by atoms with Gasteiger partial charge in [-0.3, -0.25) is 4.79 Å². The minimum atomic E-state index is -4.80. The Morgan fingerprint density at radius 3 is 2.47 bits per heavy atom. The summed E-state index contributed by atoms with van der Waals surface area (Å²) in [5, 5.41) is 17.7. The fraction of sp³-hybridized carbons (Fsp3) is 0.200. The minimum Gasteiger partial charge on any atom is -0.507 e. The quantitative estimate of drug-likeness (QED) is 0.675. The largest absolute Gasteiger partial charge is 0.507 e. The first-order chi connectivity index (χ1) is 7.81. The number of halogens is 4. The van der Waals surface area contributed by atoms with Crippen LogP contribution in [0.5, 0.6) is 5.75 Å². The number of aromatic hydroxyl groups is 1. The van der Waals surface area contributed by atoms with E-state index in [1.807, 2.05) is 0 Å². The molecule has 90 valence electrons. The van der Waals surface area contributed by atoms with Crippen molar-refractivity contribution in [3.05, 3.63) is 28.8 Å². The molecule has 0 aliphatic rings. The smallest absolute Gasteiger partial charge is 0.417 e. The van der Waals surface area contributed by atoms with Crippen LogP contribution >= 0.6 is 15.9 Å². The summed E-state index contributed by atoms with van der Waals surface area (Å²) in [6.07, 6.45) is -4.80. The molecule has 0 saturated heterocycles. The van der Waals surface area contributed by atoms with Crippen LogP contribution in [0.1, 0.15) is 21.5 Å². The number of ketones is 1. The second-order valence-electron chi connectivity index (χ2n) is 3.08. The topological polar surface area (TPSA) is 61.1 Å². The lowest BCUT2D eigenvalue weighted by molar-refractivity contribution is -0.137. The third kappa shape index (κ3) is 2.77. The van der Waals surface area contributed by atoms with Gasteiger partial charge in [-0.15, -0.1) is 0 Å². The second-order valence-corrected chi connectivity index (χ2v) is 3.65. The molecule has 0 unspecified atom stereocenters.